The van der Waals surface area contributed by atoms with Crippen LogP contribution in [-0.4, -0.2) is 6.18 Å². The highest BCUT2D eigenvalue weighted by Crippen LogP contribution is 2.55. The number of halogens is 3. The SMILES string of the molecule is FC(F)(F)[C@H]1C[C@@H]1c1ccccc1. The van der Waals surface area contributed by atoms with Crippen LogP contribution in [0, 0.1) is 5.92 Å². The van der Waals surface area contributed by atoms with Crippen molar-refractivity contribution in [2.75, 3.05) is 0 Å². The molecule has 0 aromatic heterocycles. The van der Waals surface area contributed by atoms with Crippen molar-refractivity contribution in [2.45, 2.75) is 18.5 Å². The second-order valence-electron chi connectivity index (χ2n) is 3.40. The highest BCUT2D eigenvalue weighted by atomic mass is 19.4. The first-order chi connectivity index (χ1) is 6.09. The molecule has 0 spiro atoms. The Morgan fingerprint density at radius 1 is 1.08 bits per heavy atom. The first-order valence-corrected chi connectivity index (χ1v) is 4.20. The summed E-state index contributed by atoms with van der Waals surface area (Å²) in [5.41, 5.74) is 0.810. The van der Waals surface area contributed by atoms with E-state index in [2.05, 4.69) is 0 Å². The van der Waals surface area contributed by atoms with Gasteiger partial charge in [0.25, 0.3) is 0 Å². The van der Waals surface area contributed by atoms with Gasteiger partial charge in [0.1, 0.15) is 0 Å². The van der Waals surface area contributed by atoms with Gasteiger partial charge in [-0.05, 0) is 17.9 Å². The Kier molecular flexibility index (Phi) is 1.82. The summed E-state index contributed by atoms with van der Waals surface area (Å²) >= 11 is 0. The van der Waals surface area contributed by atoms with Gasteiger partial charge in [-0.2, -0.15) is 13.2 Å². The molecule has 0 nitrogen and oxygen atoms in total. The second-order valence-corrected chi connectivity index (χ2v) is 3.40. The number of rotatable bonds is 1. The van der Waals surface area contributed by atoms with E-state index >= 15 is 0 Å². The lowest BCUT2D eigenvalue weighted by atomic mass is 10.1. The van der Waals surface area contributed by atoms with Crippen LogP contribution in [0.2, 0.25) is 0 Å². The van der Waals surface area contributed by atoms with Crippen LogP contribution in [0.4, 0.5) is 13.2 Å². The molecule has 1 aromatic carbocycles. The van der Waals surface area contributed by atoms with E-state index in [1.54, 1.807) is 24.3 Å². The zero-order chi connectivity index (χ0) is 9.47. The predicted molar refractivity (Wildman–Crippen MR) is 43.3 cm³/mol. The van der Waals surface area contributed by atoms with Crippen LogP contribution in [-0.2, 0) is 0 Å². The minimum atomic E-state index is -4.01. The minimum absolute atomic E-state index is 0.257. The molecular weight excluding hydrogens is 177 g/mol. The van der Waals surface area contributed by atoms with Crippen LogP contribution in [0.1, 0.15) is 17.9 Å². The molecule has 0 amide bonds. The lowest BCUT2D eigenvalue weighted by molar-refractivity contribution is -0.148. The van der Waals surface area contributed by atoms with Crippen molar-refractivity contribution in [1.29, 1.82) is 0 Å². The average Bonchev–Trinajstić information content (AvgIpc) is 2.83. The molecule has 0 N–H and O–H groups in total. The van der Waals surface area contributed by atoms with Gasteiger partial charge >= 0.3 is 6.18 Å². The highest BCUT2D eigenvalue weighted by molar-refractivity contribution is 5.26. The summed E-state index contributed by atoms with van der Waals surface area (Å²) in [5.74, 6) is -1.39. The van der Waals surface area contributed by atoms with Crippen molar-refractivity contribution in [2.24, 2.45) is 5.92 Å². The molecule has 0 unspecified atom stereocenters. The molecule has 2 atom stereocenters. The molecule has 1 aliphatic rings. The molecule has 70 valence electrons. The van der Waals surface area contributed by atoms with Crippen molar-refractivity contribution in [3.63, 3.8) is 0 Å². The molecule has 0 saturated heterocycles. The van der Waals surface area contributed by atoms with E-state index in [0.29, 0.717) is 0 Å². The van der Waals surface area contributed by atoms with Gasteiger partial charge in [-0.15, -0.1) is 0 Å². The molecule has 13 heavy (non-hydrogen) atoms. The van der Waals surface area contributed by atoms with E-state index in [9.17, 15) is 13.2 Å². The Labute approximate surface area is 74.4 Å². The first kappa shape index (κ1) is 8.60. The molecule has 1 aliphatic carbocycles. The molecular formula is C10H9F3. The fraction of sp³-hybridized carbons (Fsp3) is 0.400. The third-order valence-corrected chi connectivity index (χ3v) is 2.44. The summed E-state index contributed by atoms with van der Waals surface area (Å²) in [6.07, 6.45) is -3.76. The molecule has 1 fully saturated rings. The van der Waals surface area contributed by atoms with E-state index in [4.69, 9.17) is 0 Å². The Morgan fingerprint density at radius 2 is 1.69 bits per heavy atom. The fourth-order valence-electron chi connectivity index (χ4n) is 1.63. The molecule has 0 aliphatic heterocycles. The van der Waals surface area contributed by atoms with Crippen molar-refractivity contribution in [3.05, 3.63) is 35.9 Å². The third-order valence-electron chi connectivity index (χ3n) is 2.44. The maximum absolute atomic E-state index is 12.2. The zero-order valence-corrected chi connectivity index (χ0v) is 6.88. The maximum Gasteiger partial charge on any atom is 0.392 e. The van der Waals surface area contributed by atoms with Crippen LogP contribution in [0.25, 0.3) is 0 Å². The number of benzene rings is 1. The van der Waals surface area contributed by atoms with Crippen LogP contribution in [0.5, 0.6) is 0 Å². The van der Waals surface area contributed by atoms with Crippen LogP contribution in [0.3, 0.4) is 0 Å². The van der Waals surface area contributed by atoms with Crippen molar-refractivity contribution < 1.29 is 13.2 Å². The zero-order valence-electron chi connectivity index (χ0n) is 6.88. The summed E-state index contributed by atoms with van der Waals surface area (Å²) in [5, 5.41) is 0. The molecule has 0 radical (unpaired) electrons. The first-order valence-electron chi connectivity index (χ1n) is 4.20. The second kappa shape index (κ2) is 2.76. The quantitative estimate of drug-likeness (QED) is 0.630. The topological polar surface area (TPSA) is 0 Å². The van der Waals surface area contributed by atoms with Gasteiger partial charge in [0.2, 0.25) is 0 Å². The summed E-state index contributed by atoms with van der Waals surface area (Å²) in [7, 11) is 0. The van der Waals surface area contributed by atoms with Gasteiger partial charge in [0.05, 0.1) is 5.92 Å². The van der Waals surface area contributed by atoms with E-state index in [1.807, 2.05) is 6.07 Å². The normalized spacial score (nSPS) is 27.3. The van der Waals surface area contributed by atoms with Crippen molar-refractivity contribution in [1.82, 2.24) is 0 Å². The van der Waals surface area contributed by atoms with Crippen molar-refractivity contribution >= 4 is 0 Å². The smallest absolute Gasteiger partial charge is 0.171 e. The molecule has 1 saturated carbocycles. The molecule has 1 aromatic rings. The number of alkyl halides is 3. The van der Waals surface area contributed by atoms with Gasteiger partial charge in [-0.3, -0.25) is 0 Å². The van der Waals surface area contributed by atoms with Crippen molar-refractivity contribution in [3.8, 4) is 0 Å². The third kappa shape index (κ3) is 1.69. The van der Waals surface area contributed by atoms with Crippen LogP contribution in [0.15, 0.2) is 30.3 Å². The molecule has 3 heteroatoms. The lowest BCUT2D eigenvalue weighted by Crippen LogP contribution is -2.11. The Bertz CT molecular complexity index is 289. The lowest BCUT2D eigenvalue weighted by Gasteiger charge is -2.04. The molecule has 0 heterocycles. The number of hydrogen-bond acceptors (Lipinski definition) is 0. The number of hydrogen-bond donors (Lipinski definition) is 0. The summed E-state index contributed by atoms with van der Waals surface area (Å²) in [4.78, 5) is 0. The molecule has 2 rings (SSSR count). The summed E-state index contributed by atoms with van der Waals surface area (Å²) in [6.45, 7) is 0. The van der Waals surface area contributed by atoms with Crippen LogP contribution >= 0.6 is 0 Å². The van der Waals surface area contributed by atoms with E-state index in [0.717, 1.165) is 5.56 Å². The minimum Gasteiger partial charge on any atom is -0.171 e. The highest BCUT2D eigenvalue weighted by Gasteiger charge is 2.55. The standard InChI is InChI=1S/C10H9F3/c11-10(12,13)9-6-8(9)7-4-2-1-3-5-7/h1-5,8-9H,6H2/t8-,9+/m1/s1. The predicted octanol–water partition coefficient (Wildman–Crippen LogP) is 3.35. The van der Waals surface area contributed by atoms with Gasteiger partial charge in [0, 0.05) is 0 Å². The van der Waals surface area contributed by atoms with Gasteiger partial charge in [-0.1, -0.05) is 30.3 Å². The summed E-state index contributed by atoms with van der Waals surface area (Å²) < 4.78 is 36.5. The average molecular weight is 186 g/mol. The summed E-state index contributed by atoms with van der Waals surface area (Å²) in [6, 6.07) is 8.89. The Hall–Kier alpha value is -0.990. The molecule has 0 bridgehead atoms. The van der Waals surface area contributed by atoms with E-state index in [1.165, 1.54) is 0 Å². The maximum atomic E-state index is 12.2. The van der Waals surface area contributed by atoms with Crippen LogP contribution < -0.4 is 0 Å². The Morgan fingerprint density at radius 3 is 2.15 bits per heavy atom. The van der Waals surface area contributed by atoms with E-state index < -0.39 is 12.1 Å². The fourth-order valence-corrected chi connectivity index (χ4v) is 1.63. The largest absolute Gasteiger partial charge is 0.392 e. The van der Waals surface area contributed by atoms with Gasteiger partial charge in [-0.25, -0.2) is 0 Å². The monoisotopic (exact) mass is 186 g/mol. The van der Waals surface area contributed by atoms with Gasteiger partial charge < -0.3 is 0 Å². The van der Waals surface area contributed by atoms with E-state index in [-0.39, 0.29) is 12.3 Å². The van der Waals surface area contributed by atoms with Gasteiger partial charge in [0.15, 0.2) is 0 Å². The Balaban J connectivity index is 2.09.